The summed E-state index contributed by atoms with van der Waals surface area (Å²) < 4.78 is 39.2. The Hall–Kier alpha value is -1.53. The Labute approximate surface area is 124 Å². The molecule has 21 heavy (non-hydrogen) atoms. The van der Waals surface area contributed by atoms with Crippen molar-refractivity contribution in [3.63, 3.8) is 0 Å². The third-order valence-corrected chi connectivity index (χ3v) is 3.67. The third-order valence-electron chi connectivity index (χ3n) is 3.37. The smallest absolute Gasteiger partial charge is 0.310 e. The number of nitrogens with one attached hydrogen (secondary N) is 1. The molecule has 1 aromatic carbocycles. The molecule has 1 aliphatic rings. The first-order valence-corrected chi connectivity index (χ1v) is 6.96. The molecule has 1 fully saturated rings. The van der Waals surface area contributed by atoms with Crippen molar-refractivity contribution in [3.8, 4) is 5.69 Å². The van der Waals surface area contributed by atoms with Crippen molar-refractivity contribution in [1.29, 1.82) is 0 Å². The van der Waals surface area contributed by atoms with Gasteiger partial charge in [0.15, 0.2) is 0 Å². The van der Waals surface area contributed by atoms with E-state index >= 15 is 0 Å². The van der Waals surface area contributed by atoms with Gasteiger partial charge < -0.3 is 5.32 Å². The highest BCUT2D eigenvalue weighted by Crippen LogP contribution is 2.31. The summed E-state index contributed by atoms with van der Waals surface area (Å²) in [6.45, 7) is 0.557. The van der Waals surface area contributed by atoms with Gasteiger partial charge in [-0.25, -0.2) is 4.68 Å². The molecule has 3 rings (SSSR count). The largest absolute Gasteiger partial charge is 0.419 e. The van der Waals surface area contributed by atoms with Crippen LogP contribution in [0.2, 0.25) is 5.02 Å². The van der Waals surface area contributed by atoms with E-state index in [-0.39, 0.29) is 0 Å². The lowest BCUT2D eigenvalue weighted by Crippen LogP contribution is -2.17. The minimum atomic E-state index is -4.41. The first kappa shape index (κ1) is 14.4. The maximum Gasteiger partial charge on any atom is 0.419 e. The summed E-state index contributed by atoms with van der Waals surface area (Å²) in [5.41, 5.74) is 0.526. The zero-order chi connectivity index (χ0) is 15.0. The molecular weight excluding hydrogens is 303 g/mol. The average molecular weight is 316 g/mol. The monoisotopic (exact) mass is 315 g/mol. The van der Waals surface area contributed by atoms with Crippen molar-refractivity contribution < 1.29 is 13.2 Å². The van der Waals surface area contributed by atoms with Gasteiger partial charge in [0.1, 0.15) is 0 Å². The fourth-order valence-corrected chi connectivity index (χ4v) is 2.37. The van der Waals surface area contributed by atoms with Crippen molar-refractivity contribution in [3.05, 3.63) is 46.7 Å². The molecule has 3 nitrogen and oxygen atoms in total. The summed E-state index contributed by atoms with van der Waals surface area (Å²) in [6.07, 6.45) is -0.374. The van der Waals surface area contributed by atoms with E-state index in [1.807, 2.05) is 6.07 Å². The highest BCUT2D eigenvalue weighted by molar-refractivity contribution is 6.32. The Balaban J connectivity index is 1.94. The fraction of sp³-hybridized carbons (Fsp3) is 0.357. The maximum atomic E-state index is 12.7. The lowest BCUT2D eigenvalue weighted by Gasteiger charge is -2.12. The molecule has 0 atom stereocenters. The first-order chi connectivity index (χ1) is 9.95. The van der Waals surface area contributed by atoms with Crippen molar-refractivity contribution in [1.82, 2.24) is 15.1 Å². The molecule has 0 radical (unpaired) electrons. The number of rotatable bonds is 4. The van der Waals surface area contributed by atoms with Gasteiger partial charge in [0.25, 0.3) is 0 Å². The molecule has 2 aromatic rings. The van der Waals surface area contributed by atoms with Crippen LogP contribution in [0.25, 0.3) is 5.69 Å². The Kier molecular flexibility index (Phi) is 3.67. The molecule has 0 spiro atoms. The number of aromatic nitrogens is 2. The molecule has 0 unspecified atom stereocenters. The van der Waals surface area contributed by atoms with Crippen LogP contribution < -0.4 is 5.32 Å². The van der Waals surface area contributed by atoms with Crippen molar-refractivity contribution in [2.24, 2.45) is 0 Å². The fourth-order valence-electron chi connectivity index (χ4n) is 2.09. The van der Waals surface area contributed by atoms with Gasteiger partial charge in [-0.15, -0.1) is 0 Å². The number of hydrogen-bond acceptors (Lipinski definition) is 2. The van der Waals surface area contributed by atoms with Crippen molar-refractivity contribution in [2.75, 3.05) is 0 Å². The Morgan fingerprint density at radius 2 is 2.10 bits per heavy atom. The number of benzene rings is 1. The van der Waals surface area contributed by atoms with Gasteiger partial charge in [0.05, 0.1) is 22.5 Å². The Morgan fingerprint density at radius 3 is 2.71 bits per heavy atom. The summed E-state index contributed by atoms with van der Waals surface area (Å²) in [4.78, 5) is 0. The molecule has 1 N–H and O–H groups in total. The van der Waals surface area contributed by atoms with Gasteiger partial charge in [-0.1, -0.05) is 23.7 Å². The molecule has 1 saturated carbocycles. The van der Waals surface area contributed by atoms with Crippen LogP contribution in [0.1, 0.15) is 24.0 Å². The zero-order valence-electron chi connectivity index (χ0n) is 11.0. The molecule has 0 bridgehead atoms. The van der Waals surface area contributed by atoms with E-state index in [0.717, 1.165) is 30.8 Å². The molecule has 0 amide bonds. The van der Waals surface area contributed by atoms with E-state index in [4.69, 9.17) is 11.6 Å². The maximum absolute atomic E-state index is 12.7. The quantitative estimate of drug-likeness (QED) is 0.930. The minimum Gasteiger partial charge on any atom is -0.310 e. The van der Waals surface area contributed by atoms with Crippen LogP contribution in [0.4, 0.5) is 13.2 Å². The molecular formula is C14H13ClF3N3. The van der Waals surface area contributed by atoms with Crippen LogP contribution in [0.5, 0.6) is 0 Å². The molecule has 1 heterocycles. The minimum absolute atomic E-state index is 0.377. The summed E-state index contributed by atoms with van der Waals surface area (Å²) in [6, 6.07) is 5.77. The van der Waals surface area contributed by atoms with E-state index in [1.165, 1.54) is 4.68 Å². The normalized spacial score (nSPS) is 15.4. The summed E-state index contributed by atoms with van der Waals surface area (Å²) >= 11 is 6.15. The molecule has 0 aliphatic heterocycles. The van der Waals surface area contributed by atoms with E-state index in [9.17, 15) is 13.2 Å². The second-order valence-corrected chi connectivity index (χ2v) is 5.48. The highest BCUT2D eigenvalue weighted by atomic mass is 35.5. The molecule has 1 aromatic heterocycles. The van der Waals surface area contributed by atoms with Crippen LogP contribution >= 0.6 is 11.6 Å². The van der Waals surface area contributed by atoms with Gasteiger partial charge in [0, 0.05) is 18.8 Å². The van der Waals surface area contributed by atoms with Crippen LogP contribution in [-0.4, -0.2) is 15.8 Å². The summed E-state index contributed by atoms with van der Waals surface area (Å²) in [5, 5.41) is 7.50. The predicted octanol–water partition coefficient (Wildman–Crippen LogP) is 3.80. The second-order valence-electron chi connectivity index (χ2n) is 5.07. The number of nitrogens with zero attached hydrogens (tertiary/aromatic N) is 2. The van der Waals surface area contributed by atoms with E-state index in [1.54, 1.807) is 12.1 Å². The van der Waals surface area contributed by atoms with Crippen LogP contribution in [0, 0.1) is 0 Å². The van der Waals surface area contributed by atoms with Gasteiger partial charge >= 0.3 is 6.18 Å². The number of hydrogen-bond donors (Lipinski definition) is 1. The van der Waals surface area contributed by atoms with Gasteiger partial charge in [-0.2, -0.15) is 18.3 Å². The number of para-hydroxylation sites is 1. The zero-order valence-corrected chi connectivity index (χ0v) is 11.7. The third kappa shape index (κ3) is 3.22. The lowest BCUT2D eigenvalue weighted by molar-refractivity contribution is -0.137. The van der Waals surface area contributed by atoms with Crippen molar-refractivity contribution in [2.45, 2.75) is 31.6 Å². The van der Waals surface area contributed by atoms with Crippen molar-refractivity contribution >= 4 is 11.6 Å². The molecule has 1 aliphatic carbocycles. The van der Waals surface area contributed by atoms with Gasteiger partial charge in [-0.05, 0) is 24.5 Å². The molecule has 112 valence electrons. The van der Waals surface area contributed by atoms with Gasteiger partial charge in [-0.3, -0.25) is 0 Å². The van der Waals surface area contributed by atoms with Crippen LogP contribution in [-0.2, 0) is 12.7 Å². The van der Waals surface area contributed by atoms with Crippen LogP contribution in [0.15, 0.2) is 30.6 Å². The summed E-state index contributed by atoms with van der Waals surface area (Å²) in [7, 11) is 0. The SMILES string of the molecule is FC(F)(F)c1cnn(-c2c(Cl)cccc2CNC2CC2)c1. The second kappa shape index (κ2) is 5.35. The average Bonchev–Trinajstić information content (AvgIpc) is 3.10. The topological polar surface area (TPSA) is 29.9 Å². The Morgan fingerprint density at radius 1 is 1.33 bits per heavy atom. The van der Waals surface area contributed by atoms with Gasteiger partial charge in [0.2, 0.25) is 0 Å². The summed E-state index contributed by atoms with van der Waals surface area (Å²) in [5.74, 6) is 0. The molecule has 7 heteroatoms. The van der Waals surface area contributed by atoms with Crippen LogP contribution in [0.3, 0.4) is 0 Å². The van der Waals surface area contributed by atoms with E-state index in [0.29, 0.717) is 23.3 Å². The lowest BCUT2D eigenvalue weighted by atomic mass is 10.1. The standard InChI is InChI=1S/C14H13ClF3N3/c15-12-3-1-2-9(6-19-11-4-5-11)13(12)21-8-10(7-20-21)14(16,17)18/h1-3,7-8,11,19H,4-6H2. The predicted molar refractivity (Wildman–Crippen MR) is 73.4 cm³/mol. The Bertz CT molecular complexity index is 647. The number of halogens is 4. The van der Waals surface area contributed by atoms with E-state index < -0.39 is 11.7 Å². The highest BCUT2D eigenvalue weighted by Gasteiger charge is 2.32. The number of alkyl halides is 3. The van der Waals surface area contributed by atoms with E-state index in [2.05, 4.69) is 10.4 Å². The molecule has 0 saturated heterocycles. The first-order valence-electron chi connectivity index (χ1n) is 6.58.